The molecule has 1 heterocycles. The van der Waals surface area contributed by atoms with Crippen molar-refractivity contribution in [2.45, 2.75) is 43.9 Å². The van der Waals surface area contributed by atoms with Gasteiger partial charge in [-0.1, -0.05) is 17.7 Å². The first kappa shape index (κ1) is 22.0. The lowest BCUT2D eigenvalue weighted by Crippen LogP contribution is -2.22. The van der Waals surface area contributed by atoms with E-state index < -0.39 is 34.1 Å². The number of fused-ring (bicyclic) bond motifs is 1. The van der Waals surface area contributed by atoms with Gasteiger partial charge in [0.05, 0.1) is 22.6 Å². The second-order valence-corrected chi connectivity index (χ2v) is 10.3. The summed E-state index contributed by atoms with van der Waals surface area (Å²) < 4.78 is 29.5. The van der Waals surface area contributed by atoms with E-state index in [1.807, 2.05) is 6.92 Å². The molecule has 0 fully saturated rings. The summed E-state index contributed by atoms with van der Waals surface area (Å²) >= 11 is 1.39. The molecule has 7 nitrogen and oxygen atoms in total. The summed E-state index contributed by atoms with van der Waals surface area (Å²) in [5, 5.41) is 12.5. The van der Waals surface area contributed by atoms with Gasteiger partial charge in [0.2, 0.25) is 0 Å². The standard InChI is InChI=1S/C21H22N2O5S2/c1-14-6-8-15(9-7-14)30(26,27)11-10-20(25)28-13-19(24)23-21-17(12-22)16-4-2-3-5-18(16)29-21/h6-9H,2-5,10-11,13H2,1H3,(H,23,24). The van der Waals surface area contributed by atoms with Crippen LogP contribution in [0.1, 0.15) is 40.8 Å². The maximum Gasteiger partial charge on any atom is 0.307 e. The van der Waals surface area contributed by atoms with Crippen molar-refractivity contribution in [3.05, 3.63) is 45.8 Å². The fraction of sp³-hybridized carbons (Fsp3) is 0.381. The highest BCUT2D eigenvalue weighted by Crippen LogP contribution is 2.37. The van der Waals surface area contributed by atoms with E-state index in [0.29, 0.717) is 10.6 Å². The second kappa shape index (κ2) is 9.41. The highest BCUT2D eigenvalue weighted by Gasteiger charge is 2.22. The van der Waals surface area contributed by atoms with Crippen LogP contribution in [0.25, 0.3) is 0 Å². The number of thiophene rings is 1. The molecule has 0 atom stereocenters. The van der Waals surface area contributed by atoms with Gasteiger partial charge in [-0.3, -0.25) is 9.59 Å². The molecule has 1 N–H and O–H groups in total. The molecule has 1 aromatic carbocycles. The Kier molecular flexibility index (Phi) is 6.90. The molecule has 0 bridgehead atoms. The van der Waals surface area contributed by atoms with Gasteiger partial charge in [-0.15, -0.1) is 11.3 Å². The topological polar surface area (TPSA) is 113 Å². The zero-order valence-electron chi connectivity index (χ0n) is 16.6. The van der Waals surface area contributed by atoms with Crippen LogP contribution in [0.2, 0.25) is 0 Å². The molecule has 0 spiro atoms. The van der Waals surface area contributed by atoms with Crippen molar-refractivity contribution < 1.29 is 22.7 Å². The van der Waals surface area contributed by atoms with Gasteiger partial charge in [-0.25, -0.2) is 8.42 Å². The predicted octanol–water partition coefficient (Wildman–Crippen LogP) is 3.15. The first-order valence-corrected chi connectivity index (χ1v) is 12.1. The van der Waals surface area contributed by atoms with Gasteiger partial charge in [0, 0.05) is 4.88 Å². The highest BCUT2D eigenvalue weighted by atomic mass is 32.2. The van der Waals surface area contributed by atoms with Gasteiger partial charge < -0.3 is 10.1 Å². The number of hydrogen-bond donors (Lipinski definition) is 1. The van der Waals surface area contributed by atoms with E-state index in [-0.39, 0.29) is 11.3 Å². The molecule has 1 aromatic heterocycles. The smallest absolute Gasteiger partial charge is 0.307 e. The first-order valence-electron chi connectivity index (χ1n) is 9.59. The van der Waals surface area contributed by atoms with Crippen molar-refractivity contribution in [3.63, 3.8) is 0 Å². The molecular formula is C21H22N2O5S2. The Morgan fingerprint density at radius 3 is 2.60 bits per heavy atom. The number of nitrogens with one attached hydrogen (secondary N) is 1. The van der Waals surface area contributed by atoms with Crippen molar-refractivity contribution in [1.29, 1.82) is 5.26 Å². The number of sulfone groups is 1. The summed E-state index contributed by atoms with van der Waals surface area (Å²) in [7, 11) is -3.61. The Hall–Kier alpha value is -2.70. The van der Waals surface area contributed by atoms with Crippen LogP contribution in [0.15, 0.2) is 29.2 Å². The number of amides is 1. The van der Waals surface area contributed by atoms with Crippen molar-refractivity contribution in [2.75, 3.05) is 17.7 Å². The molecule has 9 heteroatoms. The van der Waals surface area contributed by atoms with Gasteiger partial charge in [0.15, 0.2) is 16.4 Å². The zero-order chi connectivity index (χ0) is 21.7. The van der Waals surface area contributed by atoms with Crippen LogP contribution in [0.3, 0.4) is 0 Å². The molecule has 1 aliphatic carbocycles. The number of nitriles is 1. The quantitative estimate of drug-likeness (QED) is 0.654. The third-order valence-corrected chi connectivity index (χ3v) is 7.79. The van der Waals surface area contributed by atoms with Gasteiger partial charge in [-0.2, -0.15) is 5.26 Å². The second-order valence-electron chi connectivity index (χ2n) is 7.12. The number of hydrogen-bond acceptors (Lipinski definition) is 7. The van der Waals surface area contributed by atoms with Gasteiger partial charge in [-0.05, 0) is 50.3 Å². The average molecular weight is 447 g/mol. The minimum atomic E-state index is -3.61. The molecule has 1 aliphatic rings. The number of aryl methyl sites for hydroxylation is 2. The third-order valence-electron chi connectivity index (χ3n) is 4.86. The molecule has 0 aliphatic heterocycles. The van der Waals surface area contributed by atoms with E-state index in [0.717, 1.165) is 41.7 Å². The first-order chi connectivity index (χ1) is 14.3. The lowest BCUT2D eigenvalue weighted by atomic mass is 9.96. The fourth-order valence-electron chi connectivity index (χ4n) is 3.23. The highest BCUT2D eigenvalue weighted by molar-refractivity contribution is 7.91. The lowest BCUT2D eigenvalue weighted by molar-refractivity contribution is -0.146. The summed E-state index contributed by atoms with van der Waals surface area (Å²) in [4.78, 5) is 25.3. The minimum absolute atomic E-state index is 0.143. The molecule has 30 heavy (non-hydrogen) atoms. The van der Waals surface area contributed by atoms with E-state index in [2.05, 4.69) is 11.4 Å². The van der Waals surface area contributed by atoms with Crippen LogP contribution in [-0.4, -0.2) is 32.7 Å². The molecule has 158 valence electrons. The number of benzene rings is 1. The molecule has 0 unspecified atom stereocenters. The summed E-state index contributed by atoms with van der Waals surface area (Å²) in [5.74, 6) is -1.72. The number of rotatable bonds is 7. The van der Waals surface area contributed by atoms with E-state index in [1.165, 1.54) is 23.5 Å². The number of esters is 1. The van der Waals surface area contributed by atoms with Crippen LogP contribution < -0.4 is 5.32 Å². The van der Waals surface area contributed by atoms with Crippen LogP contribution in [0.5, 0.6) is 0 Å². The van der Waals surface area contributed by atoms with Crippen molar-refractivity contribution >= 4 is 38.1 Å². The molecule has 2 aromatic rings. The summed E-state index contributed by atoms with van der Waals surface area (Å²) in [6.45, 7) is 1.32. The van der Waals surface area contributed by atoms with E-state index >= 15 is 0 Å². The van der Waals surface area contributed by atoms with E-state index in [9.17, 15) is 23.3 Å². The predicted molar refractivity (Wildman–Crippen MR) is 113 cm³/mol. The van der Waals surface area contributed by atoms with Crippen molar-refractivity contribution in [2.24, 2.45) is 0 Å². The zero-order valence-corrected chi connectivity index (χ0v) is 18.2. The Labute approximate surface area is 179 Å². The van der Waals surface area contributed by atoms with Gasteiger partial charge >= 0.3 is 5.97 Å². The molecule has 0 saturated heterocycles. The summed E-state index contributed by atoms with van der Waals surface area (Å²) in [6.07, 6.45) is 3.47. The van der Waals surface area contributed by atoms with Crippen LogP contribution in [0.4, 0.5) is 5.00 Å². The fourth-order valence-corrected chi connectivity index (χ4v) is 5.71. The number of ether oxygens (including phenoxy) is 1. The van der Waals surface area contributed by atoms with Crippen LogP contribution in [0, 0.1) is 18.3 Å². The largest absolute Gasteiger partial charge is 0.456 e. The summed E-state index contributed by atoms with van der Waals surface area (Å²) in [6, 6.07) is 8.52. The minimum Gasteiger partial charge on any atom is -0.456 e. The van der Waals surface area contributed by atoms with Crippen molar-refractivity contribution in [1.82, 2.24) is 0 Å². The Balaban J connectivity index is 1.50. The molecule has 3 rings (SSSR count). The average Bonchev–Trinajstić information content (AvgIpc) is 3.08. The molecular weight excluding hydrogens is 424 g/mol. The summed E-state index contributed by atoms with van der Waals surface area (Å²) in [5.41, 5.74) is 2.42. The van der Waals surface area contributed by atoms with Crippen LogP contribution in [-0.2, 0) is 37.0 Å². The Bertz CT molecular complexity index is 1100. The normalized spacial score (nSPS) is 13.2. The van der Waals surface area contributed by atoms with Gasteiger partial charge in [0.1, 0.15) is 11.1 Å². The van der Waals surface area contributed by atoms with Crippen LogP contribution >= 0.6 is 11.3 Å². The maximum absolute atomic E-state index is 12.3. The van der Waals surface area contributed by atoms with Crippen molar-refractivity contribution in [3.8, 4) is 6.07 Å². The van der Waals surface area contributed by atoms with E-state index in [4.69, 9.17) is 4.74 Å². The number of nitrogens with zero attached hydrogens (tertiary/aromatic N) is 1. The SMILES string of the molecule is Cc1ccc(S(=O)(=O)CCC(=O)OCC(=O)Nc2sc3c(c2C#N)CCCC3)cc1. The number of carbonyl (C=O) groups is 2. The Morgan fingerprint density at radius 1 is 1.20 bits per heavy atom. The molecule has 1 amide bonds. The number of carbonyl (C=O) groups excluding carboxylic acids is 2. The molecule has 0 radical (unpaired) electrons. The third kappa shape index (κ3) is 5.26. The Morgan fingerprint density at radius 2 is 1.90 bits per heavy atom. The number of anilines is 1. The van der Waals surface area contributed by atoms with E-state index in [1.54, 1.807) is 12.1 Å². The van der Waals surface area contributed by atoms with Gasteiger partial charge in [0.25, 0.3) is 5.91 Å². The lowest BCUT2D eigenvalue weighted by Gasteiger charge is -2.09. The monoisotopic (exact) mass is 446 g/mol. The maximum atomic E-state index is 12.3. The molecule has 0 saturated carbocycles.